The number of pyridine rings is 1. The van der Waals surface area contributed by atoms with Gasteiger partial charge in [0.05, 0.1) is 23.3 Å². The predicted octanol–water partition coefficient (Wildman–Crippen LogP) is 5.95. The van der Waals surface area contributed by atoms with Gasteiger partial charge in [0, 0.05) is 29.4 Å². The van der Waals surface area contributed by atoms with Crippen LogP contribution in [0.4, 0.5) is 0 Å². The largest absolute Gasteiger partial charge is 0.341 e. The number of H-pyrrole nitrogens is 1. The summed E-state index contributed by atoms with van der Waals surface area (Å²) < 4.78 is 7.20. The van der Waals surface area contributed by atoms with Gasteiger partial charge in [-0.2, -0.15) is 10.1 Å². The molecule has 1 amide bonds. The molecule has 1 aliphatic rings. The Kier molecular flexibility index (Phi) is 6.48. The first kappa shape index (κ1) is 25.9. The quantitative estimate of drug-likeness (QED) is 0.265. The second-order valence-corrected chi connectivity index (χ2v) is 11.8. The number of nitrogens with one attached hydrogen (secondary N) is 2. The van der Waals surface area contributed by atoms with Gasteiger partial charge in [-0.1, -0.05) is 50.5 Å². The van der Waals surface area contributed by atoms with Crippen LogP contribution in [0.1, 0.15) is 93.6 Å². The van der Waals surface area contributed by atoms with Gasteiger partial charge in [0.15, 0.2) is 11.5 Å². The molecule has 10 heteroatoms. The number of aromatic amines is 1. The Labute approximate surface area is 232 Å². The van der Waals surface area contributed by atoms with Gasteiger partial charge in [-0.15, -0.1) is 0 Å². The molecule has 4 heterocycles. The molecule has 0 saturated carbocycles. The molecule has 0 saturated heterocycles. The van der Waals surface area contributed by atoms with Gasteiger partial charge < -0.3 is 14.8 Å². The van der Waals surface area contributed by atoms with E-state index in [9.17, 15) is 4.79 Å². The molecule has 0 aliphatic heterocycles. The smallest absolute Gasteiger partial charge is 0.315 e. The number of hydrogen-bond donors (Lipinski definition) is 2. The zero-order valence-corrected chi connectivity index (χ0v) is 23.5. The molecule has 1 unspecified atom stereocenters. The third kappa shape index (κ3) is 4.89. The SMILES string of the molecule is CC(C)n1cc(-c2nc3nccc(-c4ccc5c(c4)CCCCC5NC(=O)c4nc(C(C)(C)C)no4)c3[nH]2)cn1. The lowest BCUT2D eigenvalue weighted by atomic mass is 9.94. The molecule has 1 aliphatic carbocycles. The number of rotatable bonds is 5. The Balaban J connectivity index is 1.30. The maximum atomic E-state index is 13.0. The molecule has 0 spiro atoms. The van der Waals surface area contributed by atoms with Crippen LogP contribution in [0.15, 0.2) is 47.4 Å². The number of benzene rings is 1. The van der Waals surface area contributed by atoms with E-state index in [1.54, 1.807) is 6.20 Å². The molecular formula is C30H34N8O2. The molecule has 1 atom stereocenters. The van der Waals surface area contributed by atoms with E-state index in [1.807, 2.05) is 43.9 Å². The summed E-state index contributed by atoms with van der Waals surface area (Å²) in [5.74, 6) is 0.921. The Morgan fingerprint density at radius 3 is 2.75 bits per heavy atom. The predicted molar refractivity (Wildman–Crippen MR) is 152 cm³/mol. The van der Waals surface area contributed by atoms with Crippen LogP contribution in [0, 0.1) is 0 Å². The minimum absolute atomic E-state index is 0.000469. The Morgan fingerprint density at radius 2 is 2.00 bits per heavy atom. The van der Waals surface area contributed by atoms with Crippen LogP contribution < -0.4 is 5.32 Å². The lowest BCUT2D eigenvalue weighted by Gasteiger charge is -2.19. The second-order valence-electron chi connectivity index (χ2n) is 11.8. The molecule has 0 bridgehead atoms. The van der Waals surface area contributed by atoms with Gasteiger partial charge in [-0.05, 0) is 55.9 Å². The Hall–Kier alpha value is -4.34. The van der Waals surface area contributed by atoms with Crippen molar-refractivity contribution < 1.29 is 9.32 Å². The summed E-state index contributed by atoms with van der Waals surface area (Å²) in [5, 5.41) is 11.6. The highest BCUT2D eigenvalue weighted by molar-refractivity contribution is 5.92. The van der Waals surface area contributed by atoms with Crippen LogP contribution in [-0.2, 0) is 11.8 Å². The fourth-order valence-electron chi connectivity index (χ4n) is 5.17. The van der Waals surface area contributed by atoms with Crippen molar-refractivity contribution in [2.45, 2.75) is 77.8 Å². The number of hydrogen-bond acceptors (Lipinski definition) is 7. The lowest BCUT2D eigenvalue weighted by molar-refractivity contribution is 0.0890. The summed E-state index contributed by atoms with van der Waals surface area (Å²) in [7, 11) is 0. The van der Waals surface area contributed by atoms with Gasteiger partial charge in [0.25, 0.3) is 0 Å². The number of carbonyl (C=O) groups excluding carboxylic acids is 1. The van der Waals surface area contributed by atoms with Gasteiger partial charge in [-0.25, -0.2) is 9.97 Å². The molecule has 5 aromatic rings. The molecular weight excluding hydrogens is 504 g/mol. The number of imidazole rings is 1. The number of nitrogens with zero attached hydrogens (tertiary/aromatic N) is 6. The summed E-state index contributed by atoms with van der Waals surface area (Å²) in [6.07, 6.45) is 9.48. The van der Waals surface area contributed by atoms with Gasteiger partial charge in [-0.3, -0.25) is 9.48 Å². The van der Waals surface area contributed by atoms with Crippen LogP contribution in [0.25, 0.3) is 33.7 Å². The van der Waals surface area contributed by atoms with Crippen LogP contribution in [0.2, 0.25) is 0 Å². The van der Waals surface area contributed by atoms with Crippen LogP contribution >= 0.6 is 0 Å². The number of amides is 1. The third-order valence-corrected chi connectivity index (χ3v) is 7.41. The maximum Gasteiger partial charge on any atom is 0.315 e. The van der Waals surface area contributed by atoms with E-state index in [-0.39, 0.29) is 29.3 Å². The van der Waals surface area contributed by atoms with Crippen molar-refractivity contribution in [3.63, 3.8) is 0 Å². The third-order valence-electron chi connectivity index (χ3n) is 7.41. The van der Waals surface area contributed by atoms with Gasteiger partial charge in [0.1, 0.15) is 5.82 Å². The minimum Gasteiger partial charge on any atom is -0.341 e. The van der Waals surface area contributed by atoms with Gasteiger partial charge >= 0.3 is 11.8 Å². The van der Waals surface area contributed by atoms with Crippen LogP contribution in [0.5, 0.6) is 0 Å². The van der Waals surface area contributed by atoms with Crippen molar-refractivity contribution in [3.8, 4) is 22.5 Å². The van der Waals surface area contributed by atoms with Crippen LogP contribution in [-0.4, -0.2) is 40.8 Å². The van der Waals surface area contributed by atoms with Crippen molar-refractivity contribution >= 4 is 17.1 Å². The lowest BCUT2D eigenvalue weighted by Crippen LogP contribution is -2.29. The molecule has 0 fully saturated rings. The van der Waals surface area contributed by atoms with Crippen molar-refractivity contribution in [3.05, 3.63) is 65.7 Å². The molecule has 6 rings (SSSR count). The molecule has 1 aromatic carbocycles. The van der Waals surface area contributed by atoms with Crippen LogP contribution in [0.3, 0.4) is 0 Å². The summed E-state index contributed by atoms with van der Waals surface area (Å²) in [5.41, 5.74) is 6.65. The molecule has 4 aromatic heterocycles. The first-order valence-corrected chi connectivity index (χ1v) is 13.8. The second kappa shape index (κ2) is 10.0. The number of aromatic nitrogens is 7. The zero-order chi connectivity index (χ0) is 28.0. The van der Waals surface area contributed by atoms with E-state index in [0.29, 0.717) is 11.5 Å². The monoisotopic (exact) mass is 538 g/mol. The van der Waals surface area contributed by atoms with Crippen molar-refractivity contribution in [2.75, 3.05) is 0 Å². The summed E-state index contributed by atoms with van der Waals surface area (Å²) >= 11 is 0. The van der Waals surface area contributed by atoms with Gasteiger partial charge in [0.2, 0.25) is 0 Å². The first-order chi connectivity index (χ1) is 19.2. The molecule has 10 nitrogen and oxygen atoms in total. The highest BCUT2D eigenvalue weighted by atomic mass is 16.5. The summed E-state index contributed by atoms with van der Waals surface area (Å²) in [6, 6.07) is 8.63. The van der Waals surface area contributed by atoms with E-state index in [1.165, 1.54) is 5.56 Å². The molecule has 40 heavy (non-hydrogen) atoms. The maximum absolute atomic E-state index is 13.0. The first-order valence-electron chi connectivity index (χ1n) is 13.8. The van der Waals surface area contributed by atoms with E-state index < -0.39 is 0 Å². The summed E-state index contributed by atoms with van der Waals surface area (Å²) in [4.78, 5) is 30.1. The van der Waals surface area contributed by atoms with Crippen molar-refractivity contribution in [1.82, 2.24) is 40.2 Å². The number of carbonyl (C=O) groups is 1. The molecule has 206 valence electrons. The van der Waals surface area contributed by atoms with Crippen molar-refractivity contribution in [2.24, 2.45) is 0 Å². The standard InChI is InChI=1S/C30H34N8O2/c1-17(2)38-16-20(15-32-38)25-34-24-22(12-13-31-26(24)35-25)19-10-11-21-18(14-19)8-6-7-9-23(21)33-27(39)28-36-29(37-40-28)30(3,4)5/h10-17,23H,6-9H2,1-5H3,(H,33,39)(H,31,34,35). The Morgan fingerprint density at radius 1 is 1.15 bits per heavy atom. The van der Waals surface area contributed by atoms with E-state index in [0.717, 1.165) is 59.3 Å². The minimum atomic E-state index is -0.341. The summed E-state index contributed by atoms with van der Waals surface area (Å²) in [6.45, 7) is 10.1. The number of aryl methyl sites for hydroxylation is 1. The fraction of sp³-hybridized carbons (Fsp3) is 0.400. The van der Waals surface area contributed by atoms with Crippen molar-refractivity contribution in [1.29, 1.82) is 0 Å². The topological polar surface area (TPSA) is 127 Å². The average molecular weight is 539 g/mol. The Bertz CT molecular complexity index is 1690. The van der Waals surface area contributed by atoms with E-state index in [4.69, 9.17) is 9.51 Å². The highest BCUT2D eigenvalue weighted by Crippen LogP contribution is 2.35. The normalized spacial score (nSPS) is 15.8. The highest BCUT2D eigenvalue weighted by Gasteiger charge is 2.27. The zero-order valence-electron chi connectivity index (χ0n) is 23.5. The van der Waals surface area contributed by atoms with E-state index in [2.05, 4.69) is 62.6 Å². The number of fused-ring (bicyclic) bond motifs is 2. The fourth-order valence-corrected chi connectivity index (χ4v) is 5.17. The van der Waals surface area contributed by atoms with E-state index >= 15 is 0 Å². The average Bonchev–Trinajstić information content (AvgIpc) is 3.67. The molecule has 0 radical (unpaired) electrons. The molecule has 2 N–H and O–H groups in total.